The van der Waals surface area contributed by atoms with E-state index in [0.717, 1.165) is 19.1 Å². The molecule has 3 nitrogen and oxygen atoms in total. The third kappa shape index (κ3) is 6.38. The van der Waals surface area contributed by atoms with Crippen LogP contribution in [-0.2, 0) is 0 Å². The largest absolute Gasteiger partial charge is 0.490 e. The molecule has 0 aromatic heterocycles. The Kier molecular flexibility index (Phi) is 8.91. The molecule has 1 rings (SSSR count). The van der Waals surface area contributed by atoms with E-state index < -0.39 is 0 Å². The Bertz CT molecular complexity index is 432. The smallest absolute Gasteiger partial charge is 0.179 e. The number of ether oxygens (including phenoxy) is 2. The predicted molar refractivity (Wildman–Crippen MR) is 86.9 cm³/mol. The molecule has 0 atom stereocenters. The molecule has 0 unspecified atom stereocenters. The Hall–Kier alpha value is -1.22. The van der Waals surface area contributed by atoms with Crippen LogP contribution >= 0.6 is 11.6 Å². The number of unbranched alkanes of at least 4 members (excludes halogenated alkanes) is 5. The number of carbonyl (C=O) groups excluding carboxylic acids is 1. The molecule has 118 valence electrons. The summed E-state index contributed by atoms with van der Waals surface area (Å²) >= 11 is 6.17. The molecule has 0 amide bonds. The second-order valence-electron chi connectivity index (χ2n) is 5.00. The zero-order chi connectivity index (χ0) is 15.5. The van der Waals surface area contributed by atoms with Gasteiger partial charge in [-0.15, -0.1) is 0 Å². The van der Waals surface area contributed by atoms with E-state index in [4.69, 9.17) is 21.1 Å². The van der Waals surface area contributed by atoms with Gasteiger partial charge in [-0.05, 0) is 25.5 Å². The molecule has 0 aliphatic carbocycles. The van der Waals surface area contributed by atoms with Crippen LogP contribution in [0.2, 0.25) is 5.02 Å². The summed E-state index contributed by atoms with van der Waals surface area (Å²) < 4.78 is 11.3. The maximum absolute atomic E-state index is 10.9. The predicted octanol–water partition coefficient (Wildman–Crippen LogP) is 5.29. The van der Waals surface area contributed by atoms with Crippen molar-refractivity contribution < 1.29 is 14.3 Å². The van der Waals surface area contributed by atoms with Crippen LogP contribution in [0.1, 0.15) is 62.7 Å². The molecule has 4 heteroatoms. The number of carbonyl (C=O) groups is 1. The minimum Gasteiger partial charge on any atom is -0.490 e. The van der Waals surface area contributed by atoms with Crippen molar-refractivity contribution in [2.45, 2.75) is 52.4 Å². The lowest BCUT2D eigenvalue weighted by Crippen LogP contribution is -2.02. The number of hydrogen-bond donors (Lipinski definition) is 0. The average Bonchev–Trinajstić information content (AvgIpc) is 2.48. The molecule has 0 saturated heterocycles. The van der Waals surface area contributed by atoms with Crippen LogP contribution in [0, 0.1) is 0 Å². The maximum Gasteiger partial charge on any atom is 0.179 e. The zero-order valence-corrected chi connectivity index (χ0v) is 13.7. The topological polar surface area (TPSA) is 35.5 Å². The second kappa shape index (κ2) is 10.5. The summed E-state index contributed by atoms with van der Waals surface area (Å²) in [4.78, 5) is 10.9. The van der Waals surface area contributed by atoms with Crippen LogP contribution in [0.4, 0.5) is 0 Å². The number of halogens is 1. The number of rotatable bonds is 11. The summed E-state index contributed by atoms with van der Waals surface area (Å²) in [5.74, 6) is 1.08. The van der Waals surface area contributed by atoms with Gasteiger partial charge in [-0.2, -0.15) is 0 Å². The Morgan fingerprint density at radius 3 is 2.43 bits per heavy atom. The van der Waals surface area contributed by atoms with Crippen molar-refractivity contribution in [1.29, 1.82) is 0 Å². The average molecular weight is 313 g/mol. The van der Waals surface area contributed by atoms with Gasteiger partial charge in [-0.25, -0.2) is 0 Å². The van der Waals surface area contributed by atoms with E-state index in [-0.39, 0.29) is 0 Å². The normalized spacial score (nSPS) is 10.4. The van der Waals surface area contributed by atoms with Crippen molar-refractivity contribution >= 4 is 17.9 Å². The molecule has 0 heterocycles. The third-order valence-electron chi connectivity index (χ3n) is 3.21. The van der Waals surface area contributed by atoms with Gasteiger partial charge in [0.15, 0.2) is 11.5 Å². The summed E-state index contributed by atoms with van der Waals surface area (Å²) in [5, 5.41) is 0.425. The van der Waals surface area contributed by atoms with E-state index >= 15 is 0 Å². The first-order valence-corrected chi connectivity index (χ1v) is 8.15. The van der Waals surface area contributed by atoms with Gasteiger partial charge in [0.05, 0.1) is 18.2 Å². The molecule has 0 fully saturated rings. The van der Waals surface area contributed by atoms with Crippen LogP contribution in [0.15, 0.2) is 12.1 Å². The summed E-state index contributed by atoms with van der Waals surface area (Å²) in [6.07, 6.45) is 8.00. The Labute approximate surface area is 132 Å². The highest BCUT2D eigenvalue weighted by Crippen LogP contribution is 2.36. The SMILES string of the molecule is CCCCCCCCOc1c(Cl)cc(C=O)cc1OCC. The Morgan fingerprint density at radius 1 is 1.05 bits per heavy atom. The molecule has 1 aromatic carbocycles. The second-order valence-corrected chi connectivity index (χ2v) is 5.40. The molecule has 0 N–H and O–H groups in total. The van der Waals surface area contributed by atoms with Crippen molar-refractivity contribution in [3.05, 3.63) is 22.7 Å². The van der Waals surface area contributed by atoms with E-state index in [1.54, 1.807) is 12.1 Å². The van der Waals surface area contributed by atoms with Gasteiger partial charge in [0.25, 0.3) is 0 Å². The van der Waals surface area contributed by atoms with E-state index in [1.165, 1.54) is 25.7 Å². The molecule has 0 spiro atoms. The summed E-state index contributed by atoms with van der Waals surface area (Å²) in [7, 11) is 0. The molecular weight excluding hydrogens is 288 g/mol. The highest BCUT2D eigenvalue weighted by atomic mass is 35.5. The molecule has 1 aromatic rings. The summed E-state index contributed by atoms with van der Waals surface area (Å²) in [5.41, 5.74) is 0.496. The molecule has 0 radical (unpaired) electrons. The first-order chi connectivity index (χ1) is 10.2. The minimum atomic E-state index is 0.425. The maximum atomic E-state index is 10.9. The van der Waals surface area contributed by atoms with Gasteiger partial charge >= 0.3 is 0 Å². The molecule has 0 bridgehead atoms. The van der Waals surface area contributed by atoms with Gasteiger partial charge in [0.2, 0.25) is 0 Å². The lowest BCUT2D eigenvalue weighted by molar-refractivity contribution is 0.112. The summed E-state index contributed by atoms with van der Waals surface area (Å²) in [6.45, 7) is 5.22. The van der Waals surface area contributed by atoms with Crippen molar-refractivity contribution in [3.63, 3.8) is 0 Å². The third-order valence-corrected chi connectivity index (χ3v) is 3.49. The van der Waals surface area contributed by atoms with Gasteiger partial charge in [-0.3, -0.25) is 4.79 Å². The highest BCUT2D eigenvalue weighted by Gasteiger charge is 2.12. The van der Waals surface area contributed by atoms with Crippen LogP contribution in [0.3, 0.4) is 0 Å². The van der Waals surface area contributed by atoms with Crippen LogP contribution in [0.5, 0.6) is 11.5 Å². The molecule has 0 aliphatic rings. The van der Waals surface area contributed by atoms with Gasteiger partial charge in [0, 0.05) is 5.56 Å². The van der Waals surface area contributed by atoms with Crippen LogP contribution in [-0.4, -0.2) is 19.5 Å². The minimum absolute atomic E-state index is 0.425. The van der Waals surface area contributed by atoms with Crippen molar-refractivity contribution in [1.82, 2.24) is 0 Å². The van der Waals surface area contributed by atoms with E-state index in [1.807, 2.05) is 6.92 Å². The highest BCUT2D eigenvalue weighted by molar-refractivity contribution is 6.32. The van der Waals surface area contributed by atoms with Crippen LogP contribution in [0.25, 0.3) is 0 Å². The number of aldehydes is 1. The Balaban J connectivity index is 2.51. The van der Waals surface area contributed by atoms with E-state index in [9.17, 15) is 4.79 Å². The van der Waals surface area contributed by atoms with Crippen molar-refractivity contribution in [2.24, 2.45) is 0 Å². The van der Waals surface area contributed by atoms with Crippen LogP contribution < -0.4 is 9.47 Å². The lowest BCUT2D eigenvalue weighted by atomic mass is 10.1. The molecule has 21 heavy (non-hydrogen) atoms. The molecule has 0 aliphatic heterocycles. The van der Waals surface area contributed by atoms with Gasteiger partial charge in [-0.1, -0.05) is 50.6 Å². The molecule has 0 saturated carbocycles. The first kappa shape index (κ1) is 17.8. The van der Waals surface area contributed by atoms with Gasteiger partial charge in [0.1, 0.15) is 6.29 Å². The standard InChI is InChI=1S/C17H25ClO3/c1-3-5-6-7-8-9-10-21-17-15(18)11-14(13-19)12-16(17)20-4-2/h11-13H,3-10H2,1-2H3. The number of hydrogen-bond acceptors (Lipinski definition) is 3. The quantitative estimate of drug-likeness (QED) is 0.411. The summed E-state index contributed by atoms with van der Waals surface area (Å²) in [6, 6.07) is 3.27. The van der Waals surface area contributed by atoms with E-state index in [0.29, 0.717) is 35.3 Å². The van der Waals surface area contributed by atoms with Crippen molar-refractivity contribution in [2.75, 3.05) is 13.2 Å². The lowest BCUT2D eigenvalue weighted by Gasteiger charge is -2.14. The number of benzene rings is 1. The first-order valence-electron chi connectivity index (χ1n) is 7.77. The zero-order valence-electron chi connectivity index (χ0n) is 13.0. The fraction of sp³-hybridized carbons (Fsp3) is 0.588. The van der Waals surface area contributed by atoms with Crippen molar-refractivity contribution in [3.8, 4) is 11.5 Å². The fourth-order valence-electron chi connectivity index (χ4n) is 2.12. The van der Waals surface area contributed by atoms with E-state index in [2.05, 4.69) is 6.92 Å². The van der Waals surface area contributed by atoms with Gasteiger partial charge < -0.3 is 9.47 Å². The monoisotopic (exact) mass is 312 g/mol. The molecular formula is C17H25ClO3. The Morgan fingerprint density at radius 2 is 1.76 bits per heavy atom. The fourth-order valence-corrected chi connectivity index (χ4v) is 2.39.